The summed E-state index contributed by atoms with van der Waals surface area (Å²) in [5.41, 5.74) is 5.47. The average Bonchev–Trinajstić information content (AvgIpc) is 2.67. The number of carbonyl (C=O) groups is 6. The molecule has 176 valence electrons. The molecule has 0 rings (SSSR count). The molecule has 0 radical (unpaired) electrons. The van der Waals surface area contributed by atoms with Crippen LogP contribution in [0.3, 0.4) is 0 Å². The standard InChI is InChI=1S/C16H26N4O9S2/c1-31-3-2-8(16(28)29)18-14(26)10(5-12(23)24)20-15(27)9(4-11(21)22)19-13(25)7(17)6-30/h7-10,30H,2-6,17H2,1H3,(H,18,26)(H,19,25)(H,20,27)(H,21,22)(H,23,24)(H,28,29). The maximum absolute atomic E-state index is 12.5. The highest BCUT2D eigenvalue weighted by molar-refractivity contribution is 7.98. The Balaban J connectivity index is 5.46. The van der Waals surface area contributed by atoms with E-state index in [9.17, 15) is 33.9 Å². The highest BCUT2D eigenvalue weighted by Gasteiger charge is 2.32. The minimum Gasteiger partial charge on any atom is -0.481 e. The van der Waals surface area contributed by atoms with Crippen LogP contribution < -0.4 is 21.7 Å². The van der Waals surface area contributed by atoms with E-state index < -0.39 is 72.6 Å². The molecule has 0 heterocycles. The Labute approximate surface area is 187 Å². The SMILES string of the molecule is CSCCC(NC(=O)C(CC(=O)O)NC(=O)C(CC(=O)O)NC(=O)C(N)CS)C(=O)O. The predicted octanol–water partition coefficient (Wildman–Crippen LogP) is -2.51. The fraction of sp³-hybridized carbons (Fsp3) is 0.625. The van der Waals surface area contributed by atoms with Gasteiger partial charge in [-0.25, -0.2) is 4.79 Å². The van der Waals surface area contributed by atoms with Crippen LogP contribution in [0.5, 0.6) is 0 Å². The van der Waals surface area contributed by atoms with Gasteiger partial charge in [0.1, 0.15) is 18.1 Å². The van der Waals surface area contributed by atoms with Crippen LogP contribution in [0, 0.1) is 0 Å². The van der Waals surface area contributed by atoms with Crippen molar-refractivity contribution in [2.45, 2.75) is 43.4 Å². The minimum absolute atomic E-state index is 0.0509. The second-order valence-corrected chi connectivity index (χ2v) is 7.64. The van der Waals surface area contributed by atoms with Crippen LogP contribution in [0.2, 0.25) is 0 Å². The van der Waals surface area contributed by atoms with Gasteiger partial charge in [-0.3, -0.25) is 24.0 Å². The van der Waals surface area contributed by atoms with Gasteiger partial charge in [0.25, 0.3) is 0 Å². The van der Waals surface area contributed by atoms with E-state index in [1.807, 2.05) is 5.32 Å². The van der Waals surface area contributed by atoms with Crippen molar-refractivity contribution in [3.8, 4) is 0 Å². The molecule has 15 heteroatoms. The lowest BCUT2D eigenvalue weighted by Crippen LogP contribution is -2.58. The van der Waals surface area contributed by atoms with Crippen LogP contribution in [-0.4, -0.2) is 92.9 Å². The van der Waals surface area contributed by atoms with Crippen LogP contribution >= 0.6 is 24.4 Å². The van der Waals surface area contributed by atoms with Crippen molar-refractivity contribution in [3.05, 3.63) is 0 Å². The third-order valence-corrected chi connectivity index (χ3v) is 4.82. The zero-order valence-electron chi connectivity index (χ0n) is 16.6. The van der Waals surface area contributed by atoms with Gasteiger partial charge in [-0.1, -0.05) is 0 Å². The molecule has 0 spiro atoms. The van der Waals surface area contributed by atoms with Gasteiger partial charge in [-0.15, -0.1) is 0 Å². The summed E-state index contributed by atoms with van der Waals surface area (Å²) in [5, 5.41) is 33.5. The van der Waals surface area contributed by atoms with Crippen LogP contribution in [-0.2, 0) is 28.8 Å². The number of thioether (sulfide) groups is 1. The lowest BCUT2D eigenvalue weighted by molar-refractivity contribution is -0.145. The van der Waals surface area contributed by atoms with Crippen molar-refractivity contribution in [2.24, 2.45) is 5.73 Å². The predicted molar refractivity (Wildman–Crippen MR) is 113 cm³/mol. The molecule has 0 aliphatic carbocycles. The van der Waals surface area contributed by atoms with E-state index in [0.29, 0.717) is 5.75 Å². The highest BCUT2D eigenvalue weighted by Crippen LogP contribution is 2.04. The van der Waals surface area contributed by atoms with Crippen LogP contribution in [0.15, 0.2) is 0 Å². The van der Waals surface area contributed by atoms with E-state index in [-0.39, 0.29) is 12.2 Å². The molecule has 8 N–H and O–H groups in total. The Bertz CT molecular complexity index is 692. The van der Waals surface area contributed by atoms with Crippen molar-refractivity contribution in [1.82, 2.24) is 16.0 Å². The number of amides is 3. The zero-order chi connectivity index (χ0) is 24.1. The van der Waals surface area contributed by atoms with E-state index in [0.717, 1.165) is 0 Å². The number of carboxylic acid groups (broad SMARTS) is 3. The number of rotatable bonds is 15. The van der Waals surface area contributed by atoms with Gasteiger partial charge in [0.15, 0.2) is 0 Å². The summed E-state index contributed by atoms with van der Waals surface area (Å²) in [6.07, 6.45) is 0.0000670. The third kappa shape index (κ3) is 11.4. The second-order valence-electron chi connectivity index (χ2n) is 6.29. The van der Waals surface area contributed by atoms with Crippen molar-refractivity contribution in [2.75, 3.05) is 17.8 Å². The molecular weight excluding hydrogens is 456 g/mol. The smallest absolute Gasteiger partial charge is 0.326 e. The Morgan fingerprint density at radius 1 is 0.839 bits per heavy atom. The largest absolute Gasteiger partial charge is 0.481 e. The molecule has 0 aliphatic rings. The first-order chi connectivity index (χ1) is 14.4. The zero-order valence-corrected chi connectivity index (χ0v) is 18.3. The number of aliphatic carboxylic acids is 3. The third-order valence-electron chi connectivity index (χ3n) is 3.78. The molecule has 0 aliphatic heterocycles. The lowest BCUT2D eigenvalue weighted by Gasteiger charge is -2.23. The molecule has 0 bridgehead atoms. The quantitative estimate of drug-likeness (QED) is 0.114. The van der Waals surface area contributed by atoms with E-state index in [4.69, 9.17) is 15.9 Å². The molecule has 0 aromatic heterocycles. The van der Waals surface area contributed by atoms with Gasteiger partial charge >= 0.3 is 17.9 Å². The summed E-state index contributed by atoms with van der Waals surface area (Å²) in [6, 6.07) is -5.84. The number of carbonyl (C=O) groups excluding carboxylic acids is 3. The van der Waals surface area contributed by atoms with Crippen molar-refractivity contribution in [1.29, 1.82) is 0 Å². The van der Waals surface area contributed by atoms with Gasteiger partial charge in [0.05, 0.1) is 18.9 Å². The van der Waals surface area contributed by atoms with Gasteiger partial charge in [0.2, 0.25) is 17.7 Å². The summed E-state index contributed by atoms with van der Waals surface area (Å²) < 4.78 is 0. The van der Waals surface area contributed by atoms with E-state index in [1.54, 1.807) is 6.26 Å². The lowest BCUT2D eigenvalue weighted by atomic mass is 10.1. The fourth-order valence-corrected chi connectivity index (χ4v) is 2.80. The average molecular weight is 483 g/mol. The molecule has 0 fully saturated rings. The molecule has 4 atom stereocenters. The number of carboxylic acids is 3. The monoisotopic (exact) mass is 482 g/mol. The van der Waals surface area contributed by atoms with Crippen molar-refractivity contribution < 1.29 is 44.1 Å². The molecule has 31 heavy (non-hydrogen) atoms. The summed E-state index contributed by atoms with van der Waals surface area (Å²) in [4.78, 5) is 70.2. The summed E-state index contributed by atoms with van der Waals surface area (Å²) >= 11 is 5.15. The number of thiol groups is 1. The Morgan fingerprint density at radius 3 is 1.61 bits per heavy atom. The maximum Gasteiger partial charge on any atom is 0.326 e. The van der Waals surface area contributed by atoms with Crippen molar-refractivity contribution >= 4 is 60.0 Å². The van der Waals surface area contributed by atoms with Crippen LogP contribution in [0.25, 0.3) is 0 Å². The highest BCUT2D eigenvalue weighted by atomic mass is 32.2. The Kier molecular flexibility index (Phi) is 13.3. The van der Waals surface area contributed by atoms with Gasteiger partial charge in [-0.05, 0) is 18.4 Å². The second kappa shape index (κ2) is 14.5. The Morgan fingerprint density at radius 2 is 1.26 bits per heavy atom. The summed E-state index contributed by atoms with van der Waals surface area (Å²) in [5.74, 6) is -7.10. The fourth-order valence-electron chi connectivity index (χ4n) is 2.17. The first kappa shape index (κ1) is 28.5. The van der Waals surface area contributed by atoms with Crippen LogP contribution in [0.4, 0.5) is 0 Å². The number of nitrogens with two attached hydrogens (primary N) is 1. The normalized spacial score (nSPS) is 14.4. The van der Waals surface area contributed by atoms with Gasteiger partial charge < -0.3 is 37.0 Å². The minimum atomic E-state index is -1.71. The Hall–Kier alpha value is -2.52. The number of hydrogen-bond acceptors (Lipinski definition) is 9. The molecule has 4 unspecified atom stereocenters. The summed E-state index contributed by atoms with van der Waals surface area (Å²) in [7, 11) is 0. The maximum atomic E-state index is 12.5. The van der Waals surface area contributed by atoms with E-state index in [2.05, 4.69) is 23.3 Å². The van der Waals surface area contributed by atoms with Crippen LogP contribution in [0.1, 0.15) is 19.3 Å². The molecule has 0 aromatic carbocycles. The number of hydrogen-bond donors (Lipinski definition) is 8. The van der Waals surface area contributed by atoms with E-state index >= 15 is 0 Å². The first-order valence-corrected chi connectivity index (χ1v) is 10.9. The molecule has 0 aromatic rings. The number of nitrogens with one attached hydrogen (secondary N) is 3. The molecule has 0 saturated carbocycles. The molecular formula is C16H26N4O9S2. The van der Waals surface area contributed by atoms with Gasteiger partial charge in [0, 0.05) is 5.75 Å². The van der Waals surface area contributed by atoms with Crippen molar-refractivity contribution in [3.63, 3.8) is 0 Å². The molecule has 13 nitrogen and oxygen atoms in total. The first-order valence-electron chi connectivity index (χ1n) is 8.85. The molecule has 3 amide bonds. The topological polar surface area (TPSA) is 225 Å². The summed E-state index contributed by atoms with van der Waals surface area (Å²) in [6.45, 7) is 0. The molecule has 0 saturated heterocycles. The van der Waals surface area contributed by atoms with Gasteiger partial charge in [-0.2, -0.15) is 24.4 Å². The van der Waals surface area contributed by atoms with E-state index in [1.165, 1.54) is 11.8 Å².